The summed E-state index contributed by atoms with van der Waals surface area (Å²) in [5, 5.41) is 12.7. The van der Waals surface area contributed by atoms with Gasteiger partial charge >= 0.3 is 0 Å². The highest BCUT2D eigenvalue weighted by atomic mass is 32.2. The highest BCUT2D eigenvalue weighted by Gasteiger charge is 2.19. The molecule has 1 N–H and O–H groups in total. The van der Waals surface area contributed by atoms with Gasteiger partial charge in [0.1, 0.15) is 17.6 Å². The number of rotatable bonds is 10. The summed E-state index contributed by atoms with van der Waals surface area (Å²) in [5.41, 5.74) is 0.777. The van der Waals surface area contributed by atoms with E-state index in [1.807, 2.05) is 36.4 Å². The molecule has 2 atom stereocenters. The molecule has 2 aromatic rings. The Labute approximate surface area is 164 Å². The maximum Gasteiger partial charge on any atom is 0.130 e. The zero-order valence-corrected chi connectivity index (χ0v) is 16.8. The number of carbonyl (C=O) groups is 1. The fourth-order valence-electron chi connectivity index (χ4n) is 2.79. The number of allylic oxidation sites excluding steroid dienone is 1. The van der Waals surface area contributed by atoms with Gasteiger partial charge in [-0.15, -0.1) is 11.8 Å². The van der Waals surface area contributed by atoms with Crippen molar-refractivity contribution in [2.75, 3.05) is 20.0 Å². The van der Waals surface area contributed by atoms with Crippen molar-refractivity contribution in [2.24, 2.45) is 5.92 Å². The number of hydrogen-bond donors (Lipinski definition) is 1. The summed E-state index contributed by atoms with van der Waals surface area (Å²) < 4.78 is 10.4. The van der Waals surface area contributed by atoms with Crippen molar-refractivity contribution in [3.63, 3.8) is 0 Å². The molecule has 0 spiro atoms. The first kappa shape index (κ1) is 21.1. The molecule has 0 fully saturated rings. The van der Waals surface area contributed by atoms with Crippen molar-refractivity contribution in [1.29, 1.82) is 0 Å². The molecule has 5 heteroatoms. The van der Waals surface area contributed by atoms with Gasteiger partial charge in [0.25, 0.3) is 0 Å². The smallest absolute Gasteiger partial charge is 0.130 e. The van der Waals surface area contributed by atoms with E-state index in [0.717, 1.165) is 22.1 Å². The summed E-state index contributed by atoms with van der Waals surface area (Å²) in [6, 6.07) is 11.6. The van der Waals surface area contributed by atoms with Crippen LogP contribution in [0.2, 0.25) is 0 Å². The van der Waals surface area contributed by atoms with Crippen LogP contribution in [0.3, 0.4) is 0 Å². The summed E-state index contributed by atoms with van der Waals surface area (Å²) >= 11 is 1.43. The van der Waals surface area contributed by atoms with Crippen LogP contribution in [0.1, 0.15) is 25.0 Å². The first-order valence-electron chi connectivity index (χ1n) is 8.65. The number of fused-ring (bicyclic) bond motifs is 1. The zero-order chi connectivity index (χ0) is 20.0. The Balaban J connectivity index is 2.08. The van der Waals surface area contributed by atoms with Crippen LogP contribution in [0.25, 0.3) is 10.8 Å². The maximum absolute atomic E-state index is 11.5. The van der Waals surface area contributed by atoms with E-state index in [-0.39, 0.29) is 11.7 Å². The van der Waals surface area contributed by atoms with Gasteiger partial charge in [-0.05, 0) is 41.5 Å². The summed E-state index contributed by atoms with van der Waals surface area (Å²) in [6.07, 6.45) is -0.434. The molecule has 27 heavy (non-hydrogen) atoms. The number of hydrogen-bond acceptors (Lipinski definition) is 5. The monoisotopic (exact) mass is 386 g/mol. The van der Waals surface area contributed by atoms with Gasteiger partial charge in [-0.2, -0.15) is 0 Å². The molecular formula is C22H26O4S. The molecule has 0 heterocycles. The van der Waals surface area contributed by atoms with Crippen molar-refractivity contribution in [3.05, 3.63) is 65.8 Å². The molecule has 2 aromatic carbocycles. The standard InChI is InChI=1S/C22H26O4S/c1-14(23)10-20(15(2)25-4)13-27-16(3)22(24)19-7-6-18-12-21(26-5)9-8-17(18)11-19/h6-9,11-12,20,22,24H,2-3,10,13H2,1,4-5H3. The SMILES string of the molecule is C=C(OC)C(CSC(=C)C(O)c1ccc2cc(OC)ccc2c1)CC(C)=O. The number of aliphatic hydroxyl groups is 1. The van der Waals surface area contributed by atoms with E-state index in [2.05, 4.69) is 13.2 Å². The Morgan fingerprint density at radius 1 is 1.15 bits per heavy atom. The van der Waals surface area contributed by atoms with E-state index in [1.54, 1.807) is 21.1 Å². The third-order valence-electron chi connectivity index (χ3n) is 4.41. The molecule has 0 aromatic heterocycles. The molecule has 0 radical (unpaired) electrons. The lowest BCUT2D eigenvalue weighted by atomic mass is 10.0. The van der Waals surface area contributed by atoms with Gasteiger partial charge < -0.3 is 19.4 Å². The first-order valence-corrected chi connectivity index (χ1v) is 9.63. The van der Waals surface area contributed by atoms with Crippen molar-refractivity contribution >= 4 is 28.3 Å². The fourth-order valence-corrected chi connectivity index (χ4v) is 3.80. The largest absolute Gasteiger partial charge is 0.501 e. The van der Waals surface area contributed by atoms with Gasteiger partial charge in [0.15, 0.2) is 0 Å². The van der Waals surface area contributed by atoms with Crippen LogP contribution < -0.4 is 4.74 Å². The van der Waals surface area contributed by atoms with E-state index in [4.69, 9.17) is 9.47 Å². The Hall–Kier alpha value is -2.24. The quantitative estimate of drug-likeness (QED) is 0.590. The van der Waals surface area contributed by atoms with Gasteiger partial charge in [-0.25, -0.2) is 0 Å². The minimum Gasteiger partial charge on any atom is -0.501 e. The number of methoxy groups -OCH3 is 2. The van der Waals surface area contributed by atoms with Crippen LogP contribution in [-0.4, -0.2) is 30.9 Å². The molecule has 0 bridgehead atoms. The van der Waals surface area contributed by atoms with Crippen LogP contribution in [0, 0.1) is 5.92 Å². The summed E-state index contributed by atoms with van der Waals surface area (Å²) in [4.78, 5) is 12.1. The predicted octanol–water partition coefficient (Wildman–Crippen LogP) is 4.88. The molecule has 144 valence electrons. The summed E-state index contributed by atoms with van der Waals surface area (Å²) in [6.45, 7) is 9.43. The third-order valence-corrected chi connectivity index (χ3v) is 5.58. The lowest BCUT2D eigenvalue weighted by Crippen LogP contribution is -2.13. The average molecular weight is 387 g/mol. The second-order valence-corrected chi connectivity index (χ2v) is 7.57. The number of benzene rings is 2. The molecule has 0 saturated carbocycles. The molecule has 2 unspecified atom stereocenters. The second-order valence-electron chi connectivity index (χ2n) is 6.43. The predicted molar refractivity (Wildman–Crippen MR) is 112 cm³/mol. The molecular weight excluding hydrogens is 360 g/mol. The van der Waals surface area contributed by atoms with Gasteiger partial charge in [0.2, 0.25) is 0 Å². The topological polar surface area (TPSA) is 55.8 Å². The molecule has 0 aliphatic carbocycles. The Morgan fingerprint density at radius 2 is 1.81 bits per heavy atom. The lowest BCUT2D eigenvalue weighted by Gasteiger charge is -2.20. The van der Waals surface area contributed by atoms with E-state index in [1.165, 1.54) is 11.8 Å². The van der Waals surface area contributed by atoms with Crippen molar-refractivity contribution in [2.45, 2.75) is 19.4 Å². The van der Waals surface area contributed by atoms with Gasteiger partial charge in [-0.3, -0.25) is 0 Å². The average Bonchev–Trinajstić information content (AvgIpc) is 2.68. The minimum atomic E-state index is -0.796. The molecule has 0 aliphatic rings. The van der Waals surface area contributed by atoms with Crippen LogP contribution >= 0.6 is 11.8 Å². The molecule has 0 saturated heterocycles. The van der Waals surface area contributed by atoms with Crippen molar-refractivity contribution in [3.8, 4) is 5.75 Å². The number of Topliss-reactive ketones (excluding diaryl/α,β-unsaturated/α-hetero) is 1. The van der Waals surface area contributed by atoms with Gasteiger partial charge in [-0.1, -0.05) is 31.4 Å². The number of thioether (sulfide) groups is 1. The number of ketones is 1. The fraction of sp³-hybridized carbons (Fsp3) is 0.318. The Kier molecular flexibility index (Phi) is 7.51. The van der Waals surface area contributed by atoms with E-state index in [9.17, 15) is 9.90 Å². The molecule has 0 aliphatic heterocycles. The van der Waals surface area contributed by atoms with Crippen molar-refractivity contribution < 1.29 is 19.4 Å². The first-order chi connectivity index (χ1) is 12.8. The van der Waals surface area contributed by atoms with Crippen molar-refractivity contribution in [1.82, 2.24) is 0 Å². The summed E-state index contributed by atoms with van der Waals surface area (Å²) in [5.74, 6) is 1.91. The molecule has 0 amide bonds. The Morgan fingerprint density at radius 3 is 2.44 bits per heavy atom. The zero-order valence-electron chi connectivity index (χ0n) is 16.0. The Bertz CT molecular complexity index is 843. The molecule has 2 rings (SSSR count). The highest BCUT2D eigenvalue weighted by Crippen LogP contribution is 2.34. The van der Waals surface area contributed by atoms with Crippen LogP contribution in [0.15, 0.2) is 60.2 Å². The van der Waals surface area contributed by atoms with Gasteiger partial charge in [0, 0.05) is 23.0 Å². The second kappa shape index (κ2) is 9.62. The summed E-state index contributed by atoms with van der Waals surface area (Å²) in [7, 11) is 3.19. The van der Waals surface area contributed by atoms with Crippen LogP contribution in [-0.2, 0) is 9.53 Å². The maximum atomic E-state index is 11.5. The number of ether oxygens (including phenoxy) is 2. The van der Waals surface area contributed by atoms with Gasteiger partial charge in [0.05, 0.1) is 20.0 Å². The van der Waals surface area contributed by atoms with E-state index < -0.39 is 6.10 Å². The van der Waals surface area contributed by atoms with E-state index >= 15 is 0 Å². The van der Waals surface area contributed by atoms with E-state index in [0.29, 0.717) is 22.8 Å². The van der Waals surface area contributed by atoms with Crippen LogP contribution in [0.4, 0.5) is 0 Å². The molecule has 4 nitrogen and oxygen atoms in total. The highest BCUT2D eigenvalue weighted by molar-refractivity contribution is 8.03. The van der Waals surface area contributed by atoms with Crippen LogP contribution in [0.5, 0.6) is 5.75 Å². The lowest BCUT2D eigenvalue weighted by molar-refractivity contribution is -0.117. The normalized spacial score (nSPS) is 13.0. The third kappa shape index (κ3) is 5.62. The minimum absolute atomic E-state index is 0.0786. The number of aliphatic hydroxyl groups excluding tert-OH is 1. The number of carbonyl (C=O) groups excluding carboxylic acids is 1.